The number of nitrogens with zero attached hydrogens (tertiary/aromatic N) is 5. The van der Waals surface area contributed by atoms with Gasteiger partial charge in [0.2, 0.25) is 11.8 Å². The Morgan fingerprint density at radius 1 is 0.977 bits per heavy atom. The smallest absolute Gasteiger partial charge is 0.407 e. The van der Waals surface area contributed by atoms with Gasteiger partial charge in [-0.05, 0) is 18.6 Å². The van der Waals surface area contributed by atoms with Crippen molar-refractivity contribution in [2.75, 3.05) is 39.3 Å². The third-order valence-electron chi connectivity index (χ3n) is 7.25. The van der Waals surface area contributed by atoms with Crippen molar-refractivity contribution in [3.8, 4) is 11.6 Å². The molecule has 2 aliphatic heterocycles. The highest BCUT2D eigenvalue weighted by molar-refractivity contribution is 5.96. The van der Waals surface area contributed by atoms with Crippen molar-refractivity contribution in [3.63, 3.8) is 0 Å². The summed E-state index contributed by atoms with van der Waals surface area (Å²) in [5.41, 5.74) is 0.226. The van der Waals surface area contributed by atoms with Crippen molar-refractivity contribution in [1.29, 1.82) is 0 Å². The Morgan fingerprint density at radius 3 is 2.25 bits per heavy atom. The fourth-order valence-electron chi connectivity index (χ4n) is 4.97. The van der Waals surface area contributed by atoms with Crippen LogP contribution in [0.2, 0.25) is 0 Å². The van der Waals surface area contributed by atoms with Gasteiger partial charge in [-0.3, -0.25) is 19.2 Å². The third-order valence-corrected chi connectivity index (χ3v) is 7.25. The van der Waals surface area contributed by atoms with Gasteiger partial charge in [-0.25, -0.2) is 14.3 Å². The van der Waals surface area contributed by atoms with Crippen LogP contribution in [0.4, 0.5) is 4.79 Å². The van der Waals surface area contributed by atoms with Crippen LogP contribution in [-0.2, 0) is 19.2 Å². The van der Waals surface area contributed by atoms with Crippen molar-refractivity contribution in [3.05, 3.63) is 42.1 Å². The number of aliphatic carboxylic acids is 2. The number of aliphatic hydroxyl groups is 1. The highest BCUT2D eigenvalue weighted by Crippen LogP contribution is 2.22. The summed E-state index contributed by atoms with van der Waals surface area (Å²) in [5, 5.41) is 44.4. The van der Waals surface area contributed by atoms with Gasteiger partial charge < -0.3 is 45.2 Å². The molecular formula is C27H32N6O11. The number of hydrogen-bond acceptors (Lipinski definition) is 9. The van der Waals surface area contributed by atoms with E-state index in [0.29, 0.717) is 5.69 Å². The molecule has 0 bridgehead atoms. The number of carboxylic acids is 2. The minimum atomic E-state index is -1.26. The third kappa shape index (κ3) is 7.60. The minimum absolute atomic E-state index is 0.0560. The Kier molecular flexibility index (Phi) is 9.99. The maximum Gasteiger partial charge on any atom is 0.407 e. The second-order valence-electron chi connectivity index (χ2n) is 10.2. The second kappa shape index (κ2) is 13.9. The predicted octanol–water partition coefficient (Wildman–Crippen LogP) is -0.917. The van der Waals surface area contributed by atoms with Crippen LogP contribution < -0.4 is 10.1 Å². The Labute approximate surface area is 250 Å². The van der Waals surface area contributed by atoms with Crippen LogP contribution in [0.5, 0.6) is 5.88 Å². The number of benzene rings is 1. The number of rotatable bonds is 11. The molecule has 4 rings (SSSR count). The Balaban J connectivity index is 1.52. The van der Waals surface area contributed by atoms with Gasteiger partial charge in [0.1, 0.15) is 12.1 Å². The molecule has 0 saturated carbocycles. The standard InChI is InChI=1S/C27H32N6O11/c34-17-12-20(26(40)41)32(14-17)21(35)15-44-22-13-19(29-33(22)16-4-2-1-3-5-16)24(38)28-18(6-7-23(36)37)25(39)30-8-10-31(11-9-30)27(42)43/h1-5,13,17-18,20,34H,6-12,14-15H2,(H,28,38)(H,36,37)(H,40,41)(H,42,43)/t17-,18?,20-/m1/s1. The molecule has 236 valence electrons. The average Bonchev–Trinajstić information content (AvgIpc) is 3.62. The second-order valence-corrected chi connectivity index (χ2v) is 10.2. The molecule has 5 N–H and O–H groups in total. The van der Waals surface area contributed by atoms with Gasteiger partial charge in [-0.1, -0.05) is 18.2 Å². The van der Waals surface area contributed by atoms with Gasteiger partial charge in [0.05, 0.1) is 11.8 Å². The van der Waals surface area contributed by atoms with Gasteiger partial charge in [0.25, 0.3) is 11.8 Å². The van der Waals surface area contributed by atoms with E-state index in [-0.39, 0.29) is 57.1 Å². The molecule has 2 saturated heterocycles. The number of para-hydroxylation sites is 1. The Hall–Kier alpha value is -5.19. The molecule has 2 aliphatic rings. The molecule has 1 aromatic carbocycles. The number of ether oxygens (including phenoxy) is 1. The molecule has 4 amide bonds. The summed E-state index contributed by atoms with van der Waals surface area (Å²) in [6.07, 6.45) is -2.90. The quantitative estimate of drug-likeness (QED) is 0.206. The number of carbonyl (C=O) groups excluding carboxylic acids is 3. The summed E-state index contributed by atoms with van der Waals surface area (Å²) in [7, 11) is 0. The van der Waals surface area contributed by atoms with E-state index in [1.165, 1.54) is 15.6 Å². The summed E-state index contributed by atoms with van der Waals surface area (Å²) in [6.45, 7) is -0.553. The van der Waals surface area contributed by atoms with Gasteiger partial charge in [-0.15, -0.1) is 0 Å². The summed E-state index contributed by atoms with van der Waals surface area (Å²) in [5.74, 6) is -4.62. The number of nitrogens with one attached hydrogen (secondary N) is 1. The maximum atomic E-state index is 13.3. The largest absolute Gasteiger partial charge is 0.481 e. The fourth-order valence-corrected chi connectivity index (χ4v) is 4.97. The molecule has 2 aromatic rings. The van der Waals surface area contributed by atoms with E-state index < -0.39 is 67.0 Å². The van der Waals surface area contributed by atoms with Crippen LogP contribution in [0.25, 0.3) is 5.69 Å². The molecule has 17 heteroatoms. The monoisotopic (exact) mass is 616 g/mol. The highest BCUT2D eigenvalue weighted by atomic mass is 16.5. The predicted molar refractivity (Wildman–Crippen MR) is 147 cm³/mol. The Bertz CT molecular complexity index is 1410. The summed E-state index contributed by atoms with van der Waals surface area (Å²) in [6, 6.07) is 7.18. The summed E-state index contributed by atoms with van der Waals surface area (Å²) < 4.78 is 6.90. The van der Waals surface area contributed by atoms with E-state index in [2.05, 4.69) is 10.4 Å². The number of β-amino-alcohol motifs (C(OH)–C–C–N with tert-alkyl or cyclic N) is 1. The zero-order chi connectivity index (χ0) is 32.0. The molecular weight excluding hydrogens is 584 g/mol. The van der Waals surface area contributed by atoms with Crippen molar-refractivity contribution < 1.29 is 53.9 Å². The minimum Gasteiger partial charge on any atom is -0.481 e. The molecule has 1 unspecified atom stereocenters. The summed E-state index contributed by atoms with van der Waals surface area (Å²) in [4.78, 5) is 76.9. The zero-order valence-electron chi connectivity index (χ0n) is 23.4. The number of aromatic nitrogens is 2. The first-order valence-corrected chi connectivity index (χ1v) is 13.7. The van der Waals surface area contributed by atoms with Crippen LogP contribution in [-0.4, -0.2) is 138 Å². The molecule has 0 aliphatic carbocycles. The molecule has 3 heterocycles. The zero-order valence-corrected chi connectivity index (χ0v) is 23.4. The number of carboxylic acid groups (broad SMARTS) is 3. The highest BCUT2D eigenvalue weighted by Gasteiger charge is 2.39. The molecule has 44 heavy (non-hydrogen) atoms. The number of hydrogen-bond donors (Lipinski definition) is 5. The Morgan fingerprint density at radius 2 is 1.64 bits per heavy atom. The number of likely N-dealkylation sites (tertiary alicyclic amines) is 1. The number of carbonyl (C=O) groups is 6. The number of aliphatic hydroxyl groups excluding tert-OH is 1. The molecule has 2 fully saturated rings. The van der Waals surface area contributed by atoms with E-state index in [1.807, 2.05) is 0 Å². The van der Waals surface area contributed by atoms with E-state index in [0.717, 1.165) is 9.80 Å². The first kappa shape index (κ1) is 31.7. The first-order chi connectivity index (χ1) is 20.9. The van der Waals surface area contributed by atoms with E-state index in [4.69, 9.17) is 9.84 Å². The molecule has 0 spiro atoms. The molecule has 3 atom stereocenters. The van der Waals surface area contributed by atoms with Crippen LogP contribution >= 0.6 is 0 Å². The number of piperazine rings is 1. The molecule has 17 nitrogen and oxygen atoms in total. The van der Waals surface area contributed by atoms with Gasteiger partial charge >= 0.3 is 18.0 Å². The van der Waals surface area contributed by atoms with Crippen molar-refractivity contribution in [1.82, 2.24) is 29.8 Å². The van der Waals surface area contributed by atoms with Gasteiger partial charge in [0, 0.05) is 51.6 Å². The van der Waals surface area contributed by atoms with E-state index in [9.17, 15) is 44.1 Å². The lowest BCUT2D eigenvalue weighted by molar-refractivity contribution is -0.149. The van der Waals surface area contributed by atoms with Crippen molar-refractivity contribution >= 4 is 35.8 Å². The van der Waals surface area contributed by atoms with Gasteiger partial charge in [0.15, 0.2) is 12.3 Å². The topological polar surface area (TPSA) is 232 Å². The first-order valence-electron chi connectivity index (χ1n) is 13.7. The maximum absolute atomic E-state index is 13.3. The fraction of sp³-hybridized carbons (Fsp3) is 0.444. The molecule has 0 radical (unpaired) electrons. The van der Waals surface area contributed by atoms with Crippen LogP contribution in [0, 0.1) is 0 Å². The normalized spacial score (nSPS) is 18.9. The van der Waals surface area contributed by atoms with Crippen LogP contribution in [0.1, 0.15) is 29.8 Å². The average molecular weight is 617 g/mol. The van der Waals surface area contributed by atoms with Crippen molar-refractivity contribution in [2.45, 2.75) is 37.5 Å². The summed E-state index contributed by atoms with van der Waals surface area (Å²) >= 11 is 0. The lowest BCUT2D eigenvalue weighted by Gasteiger charge is -2.35. The number of amides is 4. The van der Waals surface area contributed by atoms with Crippen molar-refractivity contribution in [2.24, 2.45) is 0 Å². The van der Waals surface area contributed by atoms with Gasteiger partial charge in [-0.2, -0.15) is 5.10 Å². The van der Waals surface area contributed by atoms with E-state index in [1.54, 1.807) is 30.3 Å². The van der Waals surface area contributed by atoms with Crippen LogP contribution in [0.15, 0.2) is 36.4 Å². The molecule has 1 aromatic heterocycles. The SMILES string of the molecule is O=C(O)CCC(NC(=O)c1cc(OCC(=O)N2C[C@H](O)C[C@@H]2C(=O)O)n(-c2ccccc2)n1)C(=O)N1CCN(C(=O)O)CC1. The lowest BCUT2D eigenvalue weighted by atomic mass is 10.1. The van der Waals surface area contributed by atoms with E-state index >= 15 is 0 Å². The lowest BCUT2D eigenvalue weighted by Crippen LogP contribution is -2.55. The van der Waals surface area contributed by atoms with Crippen LogP contribution in [0.3, 0.4) is 0 Å².